The summed E-state index contributed by atoms with van der Waals surface area (Å²) < 4.78 is 2.06. The van der Waals surface area contributed by atoms with Crippen molar-refractivity contribution in [3.05, 3.63) is 72.6 Å². The zero-order valence-electron chi connectivity index (χ0n) is 16.0. The molecule has 5 nitrogen and oxygen atoms in total. The summed E-state index contributed by atoms with van der Waals surface area (Å²) in [6.45, 7) is 5.36. The molecule has 0 unspecified atom stereocenters. The summed E-state index contributed by atoms with van der Waals surface area (Å²) in [5.41, 5.74) is 3.52. The molecule has 0 N–H and O–H groups in total. The van der Waals surface area contributed by atoms with Crippen molar-refractivity contribution in [1.29, 1.82) is 0 Å². The molecular formula is C22H24N4OS. The molecule has 2 heterocycles. The molecule has 0 spiro atoms. The van der Waals surface area contributed by atoms with Gasteiger partial charge < -0.3 is 9.80 Å². The SMILES string of the molecule is Cc1ccccc1-n1ccnc1SCC(=O)N1CCN(c2ccccc2)CC1. The van der Waals surface area contributed by atoms with E-state index in [0.29, 0.717) is 5.75 Å². The van der Waals surface area contributed by atoms with Crippen LogP contribution in [0.5, 0.6) is 0 Å². The van der Waals surface area contributed by atoms with Crippen molar-refractivity contribution < 1.29 is 4.79 Å². The summed E-state index contributed by atoms with van der Waals surface area (Å²) in [5.74, 6) is 0.589. The van der Waals surface area contributed by atoms with Gasteiger partial charge >= 0.3 is 0 Å². The average Bonchev–Trinajstić information content (AvgIpc) is 3.21. The number of thioether (sulfide) groups is 1. The Morgan fingerprint density at radius 2 is 1.71 bits per heavy atom. The Morgan fingerprint density at radius 1 is 1.00 bits per heavy atom. The van der Waals surface area contributed by atoms with Crippen LogP contribution in [0.2, 0.25) is 0 Å². The molecule has 0 radical (unpaired) electrons. The molecule has 0 bridgehead atoms. The highest BCUT2D eigenvalue weighted by Crippen LogP contribution is 2.23. The number of para-hydroxylation sites is 2. The minimum absolute atomic E-state index is 0.178. The maximum Gasteiger partial charge on any atom is 0.233 e. The molecular weight excluding hydrogens is 368 g/mol. The summed E-state index contributed by atoms with van der Waals surface area (Å²) in [4.78, 5) is 21.5. The molecule has 0 saturated carbocycles. The number of aromatic nitrogens is 2. The van der Waals surface area contributed by atoms with Crippen molar-refractivity contribution in [2.24, 2.45) is 0 Å². The van der Waals surface area contributed by atoms with Crippen LogP contribution in [-0.2, 0) is 4.79 Å². The smallest absolute Gasteiger partial charge is 0.233 e. The Balaban J connectivity index is 1.34. The Kier molecular flexibility index (Phi) is 5.67. The van der Waals surface area contributed by atoms with Crippen molar-refractivity contribution in [3.8, 4) is 5.69 Å². The predicted molar refractivity (Wildman–Crippen MR) is 114 cm³/mol. The van der Waals surface area contributed by atoms with Crippen LogP contribution < -0.4 is 4.90 Å². The first-order valence-corrected chi connectivity index (χ1v) is 10.5. The number of aryl methyl sites for hydroxylation is 1. The minimum Gasteiger partial charge on any atom is -0.368 e. The second kappa shape index (κ2) is 8.52. The first kappa shape index (κ1) is 18.6. The van der Waals surface area contributed by atoms with Gasteiger partial charge in [0.2, 0.25) is 5.91 Å². The molecule has 0 aliphatic carbocycles. The first-order chi connectivity index (χ1) is 13.7. The van der Waals surface area contributed by atoms with Crippen molar-refractivity contribution in [2.45, 2.75) is 12.1 Å². The van der Waals surface area contributed by atoms with Gasteiger partial charge in [-0.05, 0) is 30.7 Å². The fraction of sp³-hybridized carbons (Fsp3) is 0.273. The van der Waals surface area contributed by atoms with Gasteiger partial charge in [-0.25, -0.2) is 4.98 Å². The van der Waals surface area contributed by atoms with Crippen molar-refractivity contribution in [1.82, 2.24) is 14.5 Å². The standard InChI is InChI=1S/C22H24N4OS/c1-18-7-5-6-10-20(18)26-12-11-23-22(26)28-17-21(27)25-15-13-24(14-16-25)19-8-3-2-4-9-19/h2-12H,13-17H2,1H3. The second-order valence-electron chi connectivity index (χ2n) is 6.86. The molecule has 1 aromatic heterocycles. The summed E-state index contributed by atoms with van der Waals surface area (Å²) in [6, 6.07) is 18.6. The zero-order valence-corrected chi connectivity index (χ0v) is 16.8. The van der Waals surface area contributed by atoms with Crippen LogP contribution in [0.25, 0.3) is 5.69 Å². The monoisotopic (exact) mass is 392 g/mol. The lowest BCUT2D eigenvalue weighted by atomic mass is 10.2. The number of carbonyl (C=O) groups is 1. The number of amides is 1. The van der Waals surface area contributed by atoms with Crippen LogP contribution in [0.1, 0.15) is 5.56 Å². The molecule has 28 heavy (non-hydrogen) atoms. The summed E-state index contributed by atoms with van der Waals surface area (Å²) in [5, 5.41) is 0.852. The first-order valence-electron chi connectivity index (χ1n) is 9.52. The van der Waals surface area contributed by atoms with Crippen molar-refractivity contribution in [3.63, 3.8) is 0 Å². The number of nitrogens with zero attached hydrogens (tertiary/aromatic N) is 4. The van der Waals surface area contributed by atoms with Gasteiger partial charge in [0.25, 0.3) is 0 Å². The van der Waals surface area contributed by atoms with Gasteiger partial charge in [-0.15, -0.1) is 0 Å². The van der Waals surface area contributed by atoms with Crippen LogP contribution in [0.4, 0.5) is 5.69 Å². The molecule has 1 fully saturated rings. The van der Waals surface area contributed by atoms with Crippen LogP contribution in [0.3, 0.4) is 0 Å². The van der Waals surface area contributed by atoms with Gasteiger partial charge in [0, 0.05) is 44.3 Å². The average molecular weight is 393 g/mol. The van der Waals surface area contributed by atoms with E-state index in [1.54, 1.807) is 6.20 Å². The van der Waals surface area contributed by atoms with Gasteiger partial charge in [0.15, 0.2) is 5.16 Å². The van der Waals surface area contributed by atoms with E-state index < -0.39 is 0 Å². The highest BCUT2D eigenvalue weighted by molar-refractivity contribution is 7.99. The Hall–Kier alpha value is -2.73. The van der Waals surface area contributed by atoms with E-state index in [-0.39, 0.29) is 5.91 Å². The van der Waals surface area contributed by atoms with E-state index in [1.165, 1.54) is 23.0 Å². The number of piperazine rings is 1. The van der Waals surface area contributed by atoms with Crippen molar-refractivity contribution >= 4 is 23.4 Å². The number of rotatable bonds is 5. The molecule has 0 atom stereocenters. The van der Waals surface area contributed by atoms with Gasteiger partial charge in [0.1, 0.15) is 0 Å². The number of carbonyl (C=O) groups excluding carboxylic acids is 1. The fourth-order valence-corrected chi connectivity index (χ4v) is 4.35. The van der Waals surface area contributed by atoms with E-state index in [0.717, 1.165) is 37.0 Å². The lowest BCUT2D eigenvalue weighted by Crippen LogP contribution is -2.49. The molecule has 3 aromatic rings. The third kappa shape index (κ3) is 4.07. The molecule has 2 aromatic carbocycles. The van der Waals surface area contributed by atoms with Crippen LogP contribution in [0.15, 0.2) is 72.1 Å². The van der Waals surface area contributed by atoms with Crippen molar-refractivity contribution in [2.75, 3.05) is 36.8 Å². The number of hydrogen-bond acceptors (Lipinski definition) is 4. The largest absolute Gasteiger partial charge is 0.368 e. The predicted octanol–water partition coefficient (Wildman–Crippen LogP) is 3.62. The molecule has 144 valence electrons. The summed E-state index contributed by atoms with van der Waals surface area (Å²) >= 11 is 1.50. The van der Waals surface area contributed by atoms with E-state index in [4.69, 9.17) is 0 Å². The minimum atomic E-state index is 0.178. The highest BCUT2D eigenvalue weighted by Gasteiger charge is 2.22. The molecule has 6 heteroatoms. The third-order valence-corrected chi connectivity index (χ3v) is 6.01. The highest BCUT2D eigenvalue weighted by atomic mass is 32.2. The van der Waals surface area contributed by atoms with Crippen LogP contribution in [0, 0.1) is 6.92 Å². The number of anilines is 1. The van der Waals surface area contributed by atoms with E-state index >= 15 is 0 Å². The quantitative estimate of drug-likeness (QED) is 0.622. The summed E-state index contributed by atoms with van der Waals surface area (Å²) in [7, 11) is 0. The Morgan fingerprint density at radius 3 is 2.46 bits per heavy atom. The number of hydrogen-bond donors (Lipinski definition) is 0. The molecule has 1 amide bonds. The van der Waals surface area contributed by atoms with Gasteiger partial charge in [-0.3, -0.25) is 9.36 Å². The van der Waals surface area contributed by atoms with Crippen LogP contribution in [-0.4, -0.2) is 52.3 Å². The van der Waals surface area contributed by atoms with Gasteiger partial charge in [-0.1, -0.05) is 48.2 Å². The molecule has 1 saturated heterocycles. The maximum atomic E-state index is 12.7. The maximum absolute atomic E-state index is 12.7. The van der Waals surface area contributed by atoms with Gasteiger partial charge in [-0.2, -0.15) is 0 Å². The lowest BCUT2D eigenvalue weighted by molar-refractivity contribution is -0.128. The molecule has 1 aliphatic rings. The van der Waals surface area contributed by atoms with E-state index in [1.807, 2.05) is 29.3 Å². The fourth-order valence-electron chi connectivity index (χ4n) is 3.48. The number of imidazole rings is 1. The molecule has 1 aliphatic heterocycles. The summed E-state index contributed by atoms with van der Waals surface area (Å²) in [6.07, 6.45) is 3.74. The number of benzene rings is 2. The normalized spacial score (nSPS) is 14.3. The van der Waals surface area contributed by atoms with E-state index in [2.05, 4.69) is 57.8 Å². The van der Waals surface area contributed by atoms with Gasteiger partial charge in [0.05, 0.1) is 11.4 Å². The Labute approximate surface area is 170 Å². The zero-order chi connectivity index (χ0) is 19.3. The van der Waals surface area contributed by atoms with E-state index in [9.17, 15) is 4.79 Å². The third-order valence-electron chi connectivity index (χ3n) is 5.06. The molecule has 4 rings (SSSR count). The Bertz CT molecular complexity index is 932. The second-order valence-corrected chi connectivity index (χ2v) is 7.80. The topological polar surface area (TPSA) is 41.4 Å². The lowest BCUT2D eigenvalue weighted by Gasteiger charge is -2.36. The van der Waals surface area contributed by atoms with Crippen LogP contribution >= 0.6 is 11.8 Å².